The molecule has 2 nitrogen and oxygen atoms in total. The van der Waals surface area contributed by atoms with Crippen LogP contribution in [0.25, 0.3) is 0 Å². The first kappa shape index (κ1) is 13.9. The Morgan fingerprint density at radius 3 is 2.61 bits per heavy atom. The highest BCUT2D eigenvalue weighted by Gasteiger charge is 2.27. The van der Waals surface area contributed by atoms with Crippen LogP contribution in [-0.2, 0) is 4.74 Å². The first-order chi connectivity index (χ1) is 8.81. The minimum Gasteiger partial charge on any atom is -0.383 e. The van der Waals surface area contributed by atoms with Gasteiger partial charge in [0, 0.05) is 25.2 Å². The normalized spacial score (nSPS) is 17.4. The quantitative estimate of drug-likeness (QED) is 0.764. The maximum Gasteiger partial charge on any atom is 0.0587 e. The van der Waals surface area contributed by atoms with Crippen molar-refractivity contribution in [1.29, 1.82) is 0 Å². The Balaban J connectivity index is 1.93. The molecule has 18 heavy (non-hydrogen) atoms. The molecule has 0 saturated heterocycles. The van der Waals surface area contributed by atoms with Gasteiger partial charge in [-0.1, -0.05) is 30.2 Å². The van der Waals surface area contributed by atoms with Crippen molar-refractivity contribution >= 4 is 11.6 Å². The SMILES string of the molecule is COCCNCC(c1ccc(Cl)cc1)C1CCC1. The number of benzene rings is 1. The molecule has 0 spiro atoms. The van der Waals surface area contributed by atoms with Crippen LogP contribution >= 0.6 is 11.6 Å². The average Bonchev–Trinajstić information content (AvgIpc) is 2.32. The van der Waals surface area contributed by atoms with E-state index in [1.807, 2.05) is 12.1 Å². The van der Waals surface area contributed by atoms with E-state index in [2.05, 4.69) is 17.4 Å². The molecular weight excluding hydrogens is 246 g/mol. The molecule has 1 aromatic carbocycles. The zero-order valence-corrected chi connectivity index (χ0v) is 11.7. The summed E-state index contributed by atoms with van der Waals surface area (Å²) < 4.78 is 5.07. The lowest BCUT2D eigenvalue weighted by Crippen LogP contribution is -2.31. The van der Waals surface area contributed by atoms with E-state index in [1.165, 1.54) is 24.8 Å². The molecule has 2 rings (SSSR count). The van der Waals surface area contributed by atoms with Gasteiger partial charge in [0.1, 0.15) is 0 Å². The fourth-order valence-electron chi connectivity index (χ4n) is 2.54. The summed E-state index contributed by atoms with van der Waals surface area (Å²) in [5.74, 6) is 1.45. The highest BCUT2D eigenvalue weighted by atomic mass is 35.5. The van der Waals surface area contributed by atoms with E-state index in [9.17, 15) is 0 Å². The molecule has 0 aliphatic heterocycles. The Labute approximate surface area is 115 Å². The van der Waals surface area contributed by atoms with Crippen molar-refractivity contribution in [3.05, 3.63) is 34.9 Å². The van der Waals surface area contributed by atoms with Gasteiger partial charge in [0.25, 0.3) is 0 Å². The lowest BCUT2D eigenvalue weighted by atomic mass is 9.73. The summed E-state index contributed by atoms with van der Waals surface area (Å²) in [5.41, 5.74) is 1.41. The van der Waals surface area contributed by atoms with Gasteiger partial charge in [0.05, 0.1) is 6.61 Å². The van der Waals surface area contributed by atoms with Crippen LogP contribution in [0.1, 0.15) is 30.7 Å². The molecule has 1 fully saturated rings. The number of methoxy groups -OCH3 is 1. The Hall–Kier alpha value is -0.570. The molecule has 1 aliphatic rings. The second-order valence-corrected chi connectivity index (χ2v) is 5.48. The predicted octanol–water partition coefficient (Wildman–Crippen LogP) is 3.46. The van der Waals surface area contributed by atoms with Crippen LogP contribution in [0.2, 0.25) is 5.02 Å². The van der Waals surface area contributed by atoms with E-state index in [-0.39, 0.29) is 0 Å². The Morgan fingerprint density at radius 2 is 2.06 bits per heavy atom. The number of hydrogen-bond acceptors (Lipinski definition) is 2. The van der Waals surface area contributed by atoms with Crippen LogP contribution in [0.15, 0.2) is 24.3 Å². The first-order valence-corrected chi connectivity index (χ1v) is 7.14. The van der Waals surface area contributed by atoms with Crippen molar-refractivity contribution in [2.75, 3.05) is 26.8 Å². The fourth-order valence-corrected chi connectivity index (χ4v) is 2.67. The van der Waals surface area contributed by atoms with Crippen molar-refractivity contribution in [2.45, 2.75) is 25.2 Å². The van der Waals surface area contributed by atoms with Gasteiger partial charge in [-0.3, -0.25) is 0 Å². The topological polar surface area (TPSA) is 21.3 Å². The summed E-state index contributed by atoms with van der Waals surface area (Å²) >= 11 is 5.96. The third-order valence-electron chi connectivity index (χ3n) is 3.86. The minimum atomic E-state index is 0.618. The smallest absolute Gasteiger partial charge is 0.0587 e. The molecular formula is C15H22ClNO. The van der Waals surface area contributed by atoms with Gasteiger partial charge in [-0.15, -0.1) is 0 Å². The van der Waals surface area contributed by atoms with Gasteiger partial charge in [-0.05, 0) is 42.4 Å². The van der Waals surface area contributed by atoms with Crippen LogP contribution in [0, 0.1) is 5.92 Å². The van der Waals surface area contributed by atoms with Crippen LogP contribution in [0.3, 0.4) is 0 Å². The lowest BCUT2D eigenvalue weighted by Gasteiger charge is -2.34. The number of ether oxygens (including phenoxy) is 1. The maximum absolute atomic E-state index is 5.96. The highest BCUT2D eigenvalue weighted by Crippen LogP contribution is 2.39. The summed E-state index contributed by atoms with van der Waals surface area (Å²) in [6, 6.07) is 8.34. The zero-order chi connectivity index (χ0) is 12.8. The summed E-state index contributed by atoms with van der Waals surface area (Å²) in [7, 11) is 1.74. The van der Waals surface area contributed by atoms with Crippen LogP contribution in [-0.4, -0.2) is 26.8 Å². The number of halogens is 1. The van der Waals surface area contributed by atoms with Gasteiger partial charge >= 0.3 is 0 Å². The molecule has 0 amide bonds. The first-order valence-electron chi connectivity index (χ1n) is 6.76. The molecule has 1 saturated carbocycles. The predicted molar refractivity (Wildman–Crippen MR) is 76.3 cm³/mol. The van der Waals surface area contributed by atoms with Crippen LogP contribution in [0.5, 0.6) is 0 Å². The van der Waals surface area contributed by atoms with E-state index >= 15 is 0 Å². The van der Waals surface area contributed by atoms with Crippen molar-refractivity contribution in [2.24, 2.45) is 5.92 Å². The van der Waals surface area contributed by atoms with E-state index in [0.29, 0.717) is 5.92 Å². The number of hydrogen-bond donors (Lipinski definition) is 1. The second-order valence-electron chi connectivity index (χ2n) is 5.05. The van der Waals surface area contributed by atoms with Crippen LogP contribution < -0.4 is 5.32 Å². The standard InChI is InChI=1S/C15H22ClNO/c1-18-10-9-17-11-15(12-3-2-4-12)13-5-7-14(16)8-6-13/h5-8,12,15,17H,2-4,9-11H2,1H3. The molecule has 1 atom stereocenters. The fraction of sp³-hybridized carbons (Fsp3) is 0.600. The third-order valence-corrected chi connectivity index (χ3v) is 4.12. The van der Waals surface area contributed by atoms with Gasteiger partial charge in [-0.2, -0.15) is 0 Å². The number of rotatable bonds is 7. The Kier molecular flexibility index (Phi) is 5.48. The largest absolute Gasteiger partial charge is 0.383 e. The van der Waals surface area contributed by atoms with Gasteiger partial charge in [0.15, 0.2) is 0 Å². The van der Waals surface area contributed by atoms with Crippen LogP contribution in [0.4, 0.5) is 0 Å². The zero-order valence-electron chi connectivity index (χ0n) is 11.0. The Bertz CT molecular complexity index is 348. The van der Waals surface area contributed by atoms with E-state index in [1.54, 1.807) is 7.11 Å². The molecule has 1 unspecified atom stereocenters. The molecule has 3 heteroatoms. The van der Waals surface area contributed by atoms with Gasteiger partial charge < -0.3 is 10.1 Å². The van der Waals surface area contributed by atoms with Crippen molar-refractivity contribution in [1.82, 2.24) is 5.32 Å². The number of nitrogens with one attached hydrogen (secondary N) is 1. The summed E-state index contributed by atoms with van der Waals surface area (Å²) in [4.78, 5) is 0. The molecule has 0 bridgehead atoms. The average molecular weight is 268 g/mol. The van der Waals surface area contributed by atoms with E-state index in [4.69, 9.17) is 16.3 Å². The molecule has 100 valence electrons. The molecule has 1 aromatic rings. The van der Waals surface area contributed by atoms with Gasteiger partial charge in [0.2, 0.25) is 0 Å². The van der Waals surface area contributed by atoms with Crippen molar-refractivity contribution < 1.29 is 4.74 Å². The van der Waals surface area contributed by atoms with E-state index < -0.39 is 0 Å². The summed E-state index contributed by atoms with van der Waals surface area (Å²) in [6.45, 7) is 2.74. The lowest BCUT2D eigenvalue weighted by molar-refractivity contribution is 0.194. The third kappa shape index (κ3) is 3.71. The minimum absolute atomic E-state index is 0.618. The van der Waals surface area contributed by atoms with E-state index in [0.717, 1.165) is 30.6 Å². The molecule has 0 heterocycles. The molecule has 1 aliphatic carbocycles. The van der Waals surface area contributed by atoms with Gasteiger partial charge in [-0.25, -0.2) is 0 Å². The van der Waals surface area contributed by atoms with Crippen molar-refractivity contribution in [3.8, 4) is 0 Å². The maximum atomic E-state index is 5.96. The molecule has 0 radical (unpaired) electrons. The molecule has 1 N–H and O–H groups in total. The summed E-state index contributed by atoms with van der Waals surface area (Å²) in [6.07, 6.45) is 4.10. The molecule has 0 aromatic heterocycles. The Morgan fingerprint density at radius 1 is 1.33 bits per heavy atom. The second kappa shape index (κ2) is 7.13. The monoisotopic (exact) mass is 267 g/mol. The van der Waals surface area contributed by atoms with Crippen molar-refractivity contribution in [3.63, 3.8) is 0 Å². The highest BCUT2D eigenvalue weighted by molar-refractivity contribution is 6.30. The summed E-state index contributed by atoms with van der Waals surface area (Å²) in [5, 5.41) is 4.31.